The molecule has 0 saturated carbocycles. The number of nitro groups is 1. The van der Waals surface area contributed by atoms with Crippen molar-refractivity contribution in [3.8, 4) is 5.82 Å². The van der Waals surface area contributed by atoms with Gasteiger partial charge in [-0.1, -0.05) is 12.1 Å². The predicted octanol–water partition coefficient (Wildman–Crippen LogP) is 1.99. The lowest BCUT2D eigenvalue weighted by molar-refractivity contribution is -0.387. The minimum absolute atomic E-state index is 0.0271. The Balaban J connectivity index is 1.98. The predicted molar refractivity (Wildman–Crippen MR) is 92.5 cm³/mol. The molecule has 134 valence electrons. The van der Waals surface area contributed by atoms with Gasteiger partial charge in [-0.05, 0) is 26.0 Å². The van der Waals surface area contributed by atoms with Crippen LogP contribution in [0.25, 0.3) is 5.82 Å². The molecule has 0 atom stereocenters. The summed E-state index contributed by atoms with van der Waals surface area (Å²) in [5.74, 6) is 0.339. The van der Waals surface area contributed by atoms with E-state index in [-0.39, 0.29) is 5.82 Å². The number of hydrogen-bond donors (Lipinski definition) is 1. The first-order valence-corrected chi connectivity index (χ1v) is 8.88. The standard InChI is InChI=1S/C15H14N6O4S/c1-10-7-11(2)20(18-10)15-8-14(16-9-17-15)19-26(24,25)13-6-4-3-5-12(13)21(22)23/h3-9H,1-2H3,(H,16,17,19). The Hall–Kier alpha value is -3.34. The Bertz CT molecular complexity index is 1090. The normalized spacial score (nSPS) is 11.3. The molecule has 0 saturated heterocycles. The number of nitrogens with one attached hydrogen (secondary N) is 1. The molecule has 2 aromatic heterocycles. The average Bonchev–Trinajstić information content (AvgIpc) is 2.93. The Labute approximate surface area is 148 Å². The van der Waals surface area contributed by atoms with E-state index in [2.05, 4.69) is 19.8 Å². The summed E-state index contributed by atoms with van der Waals surface area (Å²) in [4.78, 5) is 17.8. The molecule has 1 aromatic carbocycles. The van der Waals surface area contributed by atoms with Gasteiger partial charge in [-0.3, -0.25) is 14.8 Å². The molecule has 0 radical (unpaired) electrons. The Morgan fingerprint density at radius 3 is 2.54 bits per heavy atom. The van der Waals surface area contributed by atoms with Gasteiger partial charge < -0.3 is 0 Å². The molecule has 10 nitrogen and oxygen atoms in total. The third-order valence-electron chi connectivity index (χ3n) is 3.47. The second-order valence-electron chi connectivity index (χ2n) is 5.43. The third kappa shape index (κ3) is 3.37. The summed E-state index contributed by atoms with van der Waals surface area (Å²) in [6, 6.07) is 8.32. The number of aryl methyl sites for hydroxylation is 2. The van der Waals surface area contributed by atoms with Crippen molar-refractivity contribution >= 4 is 21.5 Å². The van der Waals surface area contributed by atoms with Gasteiger partial charge in [0.1, 0.15) is 12.1 Å². The van der Waals surface area contributed by atoms with E-state index in [0.717, 1.165) is 23.5 Å². The van der Waals surface area contributed by atoms with Gasteiger partial charge >= 0.3 is 0 Å². The quantitative estimate of drug-likeness (QED) is 0.533. The molecule has 3 aromatic rings. The Kier molecular flexibility index (Phi) is 4.38. The summed E-state index contributed by atoms with van der Waals surface area (Å²) in [5.41, 5.74) is 1.07. The lowest BCUT2D eigenvalue weighted by atomic mass is 10.3. The smallest absolute Gasteiger partial charge is 0.263 e. The van der Waals surface area contributed by atoms with Gasteiger partial charge in [-0.2, -0.15) is 5.10 Å². The van der Waals surface area contributed by atoms with Crippen LogP contribution in [-0.4, -0.2) is 33.1 Å². The van der Waals surface area contributed by atoms with Crippen molar-refractivity contribution in [1.29, 1.82) is 0 Å². The third-order valence-corrected chi connectivity index (χ3v) is 4.87. The van der Waals surface area contributed by atoms with Crippen molar-refractivity contribution in [2.24, 2.45) is 0 Å². The van der Waals surface area contributed by atoms with Crippen LogP contribution in [0.3, 0.4) is 0 Å². The van der Waals surface area contributed by atoms with Crippen LogP contribution in [0.1, 0.15) is 11.4 Å². The van der Waals surface area contributed by atoms with Gasteiger partial charge in [0.2, 0.25) is 0 Å². The number of nitrogens with zero attached hydrogens (tertiary/aromatic N) is 5. The van der Waals surface area contributed by atoms with Crippen LogP contribution in [0.2, 0.25) is 0 Å². The molecule has 0 amide bonds. The van der Waals surface area contributed by atoms with Crippen LogP contribution in [0.15, 0.2) is 47.6 Å². The molecule has 0 fully saturated rings. The van der Waals surface area contributed by atoms with Gasteiger partial charge in [-0.25, -0.2) is 23.1 Å². The molecule has 0 unspecified atom stereocenters. The van der Waals surface area contributed by atoms with Crippen molar-refractivity contribution < 1.29 is 13.3 Å². The summed E-state index contributed by atoms with van der Waals surface area (Å²) >= 11 is 0. The van der Waals surface area contributed by atoms with Crippen LogP contribution in [0, 0.1) is 24.0 Å². The number of anilines is 1. The van der Waals surface area contributed by atoms with Crippen molar-refractivity contribution in [3.63, 3.8) is 0 Å². The average molecular weight is 374 g/mol. The zero-order valence-electron chi connectivity index (χ0n) is 13.8. The monoisotopic (exact) mass is 374 g/mol. The SMILES string of the molecule is Cc1cc(C)n(-c2cc(NS(=O)(=O)c3ccccc3[N+](=O)[O-])ncn2)n1. The lowest BCUT2D eigenvalue weighted by Crippen LogP contribution is -2.16. The molecule has 26 heavy (non-hydrogen) atoms. The zero-order chi connectivity index (χ0) is 18.9. The number of benzene rings is 1. The first-order chi connectivity index (χ1) is 12.3. The highest BCUT2D eigenvalue weighted by atomic mass is 32.2. The summed E-state index contributed by atoms with van der Waals surface area (Å²) in [5, 5.41) is 15.3. The summed E-state index contributed by atoms with van der Waals surface area (Å²) < 4.78 is 28.9. The fraction of sp³-hybridized carbons (Fsp3) is 0.133. The topological polar surface area (TPSA) is 133 Å². The van der Waals surface area contributed by atoms with Crippen LogP contribution in [-0.2, 0) is 10.0 Å². The van der Waals surface area contributed by atoms with Crippen molar-refractivity contribution in [1.82, 2.24) is 19.7 Å². The van der Waals surface area contributed by atoms with Crippen molar-refractivity contribution in [2.75, 3.05) is 4.72 Å². The van der Waals surface area contributed by atoms with Crippen LogP contribution in [0.5, 0.6) is 0 Å². The van der Waals surface area contributed by atoms with Crippen LogP contribution < -0.4 is 4.72 Å². The Morgan fingerprint density at radius 2 is 1.88 bits per heavy atom. The largest absolute Gasteiger partial charge is 0.289 e. The molecule has 2 heterocycles. The maximum Gasteiger partial charge on any atom is 0.289 e. The molecule has 3 rings (SSSR count). The molecular formula is C15H14N6O4S. The van der Waals surface area contributed by atoms with Gasteiger partial charge in [0.05, 0.1) is 10.6 Å². The van der Waals surface area contributed by atoms with Gasteiger partial charge in [-0.15, -0.1) is 0 Å². The summed E-state index contributed by atoms with van der Waals surface area (Å²) in [6.07, 6.45) is 1.18. The second-order valence-corrected chi connectivity index (χ2v) is 7.08. The zero-order valence-corrected chi connectivity index (χ0v) is 14.6. The first kappa shape index (κ1) is 17.5. The molecule has 11 heteroatoms. The molecule has 1 N–H and O–H groups in total. The van der Waals surface area contributed by atoms with Gasteiger partial charge in [0.25, 0.3) is 15.7 Å². The van der Waals surface area contributed by atoms with Crippen LogP contribution in [0.4, 0.5) is 11.5 Å². The minimum Gasteiger partial charge on any atom is -0.263 e. The molecule has 0 aliphatic rings. The number of sulfonamides is 1. The van der Waals surface area contributed by atoms with E-state index >= 15 is 0 Å². The lowest BCUT2D eigenvalue weighted by Gasteiger charge is -2.09. The molecule has 0 aliphatic carbocycles. The fourth-order valence-electron chi connectivity index (χ4n) is 2.41. The van der Waals surface area contributed by atoms with E-state index in [4.69, 9.17) is 0 Å². The Morgan fingerprint density at radius 1 is 1.15 bits per heavy atom. The van der Waals surface area contributed by atoms with E-state index in [1.165, 1.54) is 24.5 Å². The van der Waals surface area contributed by atoms with Gasteiger partial charge in [0, 0.05) is 17.8 Å². The summed E-state index contributed by atoms with van der Waals surface area (Å²) in [6.45, 7) is 3.65. The van der Waals surface area contributed by atoms with E-state index in [0.29, 0.717) is 5.82 Å². The van der Waals surface area contributed by atoms with Crippen molar-refractivity contribution in [3.05, 3.63) is 64.2 Å². The highest BCUT2D eigenvalue weighted by molar-refractivity contribution is 7.92. The van der Waals surface area contributed by atoms with E-state index in [1.807, 2.05) is 19.9 Å². The number of aromatic nitrogens is 4. The number of hydrogen-bond acceptors (Lipinski definition) is 7. The minimum atomic E-state index is -4.20. The maximum absolute atomic E-state index is 12.5. The number of nitro benzene ring substituents is 1. The van der Waals surface area contributed by atoms with Crippen molar-refractivity contribution in [2.45, 2.75) is 18.7 Å². The molecule has 0 aliphatic heterocycles. The maximum atomic E-state index is 12.5. The molecule has 0 spiro atoms. The van der Waals surface area contributed by atoms with E-state index in [9.17, 15) is 18.5 Å². The number of para-hydroxylation sites is 1. The van der Waals surface area contributed by atoms with Gasteiger partial charge in [0.15, 0.2) is 10.7 Å². The van der Waals surface area contributed by atoms with E-state index in [1.54, 1.807) is 4.68 Å². The summed E-state index contributed by atoms with van der Waals surface area (Å²) in [7, 11) is -4.20. The fourth-order valence-corrected chi connectivity index (χ4v) is 3.58. The van der Waals surface area contributed by atoms with Crippen LogP contribution >= 0.6 is 0 Å². The number of rotatable bonds is 5. The molecular weight excluding hydrogens is 360 g/mol. The highest BCUT2D eigenvalue weighted by Gasteiger charge is 2.25. The van der Waals surface area contributed by atoms with E-state index < -0.39 is 25.5 Å². The highest BCUT2D eigenvalue weighted by Crippen LogP contribution is 2.25. The molecule has 0 bridgehead atoms. The first-order valence-electron chi connectivity index (χ1n) is 7.40. The second kappa shape index (κ2) is 6.52.